The van der Waals surface area contributed by atoms with Crippen molar-refractivity contribution >= 4 is 23.5 Å². The minimum Gasteiger partial charge on any atom is -0.493 e. The van der Waals surface area contributed by atoms with Gasteiger partial charge in [-0.1, -0.05) is 19.1 Å². The van der Waals surface area contributed by atoms with Crippen LogP contribution in [0.1, 0.15) is 34.6 Å². The molecule has 0 aliphatic carbocycles. The Kier molecular flexibility index (Phi) is 6.32. The number of nitrogens with zero attached hydrogens (tertiary/aromatic N) is 2. The number of carbonyl (C=O) groups excluding carboxylic acids is 1. The number of hydrogen-bond acceptors (Lipinski definition) is 6. The molecule has 168 valence electrons. The molecule has 4 rings (SSSR count). The van der Waals surface area contributed by atoms with Crippen LogP contribution in [0.15, 0.2) is 36.4 Å². The Morgan fingerprint density at radius 3 is 2.31 bits per heavy atom. The number of anilines is 1. The Morgan fingerprint density at radius 1 is 1.09 bits per heavy atom. The Balaban J connectivity index is 1.87. The van der Waals surface area contributed by atoms with E-state index in [1.165, 1.54) is 5.56 Å². The van der Waals surface area contributed by atoms with Gasteiger partial charge in [-0.05, 0) is 48.7 Å². The minimum absolute atomic E-state index is 0.0579. The third-order valence-corrected chi connectivity index (χ3v) is 6.86. The summed E-state index contributed by atoms with van der Waals surface area (Å²) in [6.07, 6.45) is 0.965. The molecule has 0 spiro atoms. The van der Waals surface area contributed by atoms with Gasteiger partial charge in [0.1, 0.15) is 5.82 Å². The molecule has 0 radical (unpaired) electrons. The molecule has 0 saturated heterocycles. The summed E-state index contributed by atoms with van der Waals surface area (Å²) in [5, 5.41) is 7.72. The molecule has 1 aromatic heterocycles. The van der Waals surface area contributed by atoms with Crippen molar-refractivity contribution in [3.8, 4) is 22.9 Å². The number of thioether (sulfide) groups is 1. The molecule has 1 atom stereocenters. The first-order valence-electron chi connectivity index (χ1n) is 10.4. The maximum atomic E-state index is 12.6. The van der Waals surface area contributed by atoms with Crippen LogP contribution in [0.25, 0.3) is 5.69 Å². The molecule has 2 aromatic carbocycles. The van der Waals surface area contributed by atoms with Crippen molar-refractivity contribution < 1.29 is 19.0 Å². The van der Waals surface area contributed by atoms with Gasteiger partial charge in [-0.2, -0.15) is 5.10 Å². The lowest BCUT2D eigenvalue weighted by molar-refractivity contribution is -0.113. The average molecular weight is 454 g/mol. The Morgan fingerprint density at radius 2 is 1.75 bits per heavy atom. The van der Waals surface area contributed by atoms with E-state index in [1.54, 1.807) is 33.1 Å². The van der Waals surface area contributed by atoms with Crippen LogP contribution in [0.2, 0.25) is 0 Å². The van der Waals surface area contributed by atoms with Crippen LogP contribution in [0, 0.1) is 6.92 Å². The van der Waals surface area contributed by atoms with Gasteiger partial charge in [0.25, 0.3) is 0 Å². The summed E-state index contributed by atoms with van der Waals surface area (Å²) >= 11 is 1.55. The van der Waals surface area contributed by atoms with Crippen molar-refractivity contribution in [2.24, 2.45) is 0 Å². The van der Waals surface area contributed by atoms with E-state index < -0.39 is 0 Å². The highest BCUT2D eigenvalue weighted by Crippen LogP contribution is 2.48. The maximum absolute atomic E-state index is 12.6. The second-order valence-electron chi connectivity index (χ2n) is 7.48. The van der Waals surface area contributed by atoms with Crippen molar-refractivity contribution in [1.82, 2.24) is 9.78 Å². The number of amides is 1. The van der Waals surface area contributed by atoms with E-state index in [-0.39, 0.29) is 11.2 Å². The minimum atomic E-state index is -0.138. The van der Waals surface area contributed by atoms with Gasteiger partial charge in [-0.15, -0.1) is 11.8 Å². The van der Waals surface area contributed by atoms with Crippen molar-refractivity contribution in [1.29, 1.82) is 0 Å². The van der Waals surface area contributed by atoms with Crippen LogP contribution in [0.5, 0.6) is 17.2 Å². The zero-order valence-corrected chi connectivity index (χ0v) is 19.7. The zero-order chi connectivity index (χ0) is 22.8. The van der Waals surface area contributed by atoms with Crippen molar-refractivity contribution in [3.63, 3.8) is 0 Å². The number of benzene rings is 2. The number of rotatable bonds is 6. The van der Waals surface area contributed by atoms with Gasteiger partial charge in [0.2, 0.25) is 11.7 Å². The second kappa shape index (κ2) is 9.16. The summed E-state index contributed by atoms with van der Waals surface area (Å²) in [6, 6.07) is 12.1. The Labute approximate surface area is 192 Å². The molecule has 3 aromatic rings. The number of fused-ring (bicyclic) bond motifs is 1. The van der Waals surface area contributed by atoms with Gasteiger partial charge in [-0.25, -0.2) is 4.68 Å². The monoisotopic (exact) mass is 453 g/mol. The summed E-state index contributed by atoms with van der Waals surface area (Å²) in [5.74, 6) is 2.65. The fraction of sp³-hybridized carbons (Fsp3) is 0.333. The molecular weight excluding hydrogens is 426 g/mol. The molecule has 7 nitrogen and oxygen atoms in total. The van der Waals surface area contributed by atoms with Crippen LogP contribution in [0.3, 0.4) is 0 Å². The van der Waals surface area contributed by atoms with E-state index in [2.05, 4.69) is 24.4 Å². The van der Waals surface area contributed by atoms with Gasteiger partial charge in [0.05, 0.1) is 43.7 Å². The highest BCUT2D eigenvalue weighted by molar-refractivity contribution is 8.00. The van der Waals surface area contributed by atoms with E-state index in [4.69, 9.17) is 19.3 Å². The third-order valence-electron chi connectivity index (χ3n) is 5.59. The topological polar surface area (TPSA) is 74.6 Å². The summed E-state index contributed by atoms with van der Waals surface area (Å²) < 4.78 is 18.4. The highest BCUT2D eigenvalue weighted by atomic mass is 32.2. The second-order valence-corrected chi connectivity index (χ2v) is 8.57. The first-order chi connectivity index (χ1) is 15.5. The van der Waals surface area contributed by atoms with Crippen LogP contribution < -0.4 is 19.5 Å². The molecule has 0 saturated carbocycles. The molecule has 1 aliphatic heterocycles. The van der Waals surface area contributed by atoms with E-state index in [9.17, 15) is 4.79 Å². The van der Waals surface area contributed by atoms with Crippen LogP contribution in [-0.4, -0.2) is 42.8 Å². The first kappa shape index (κ1) is 22.1. The normalized spacial score (nSPS) is 15.5. The molecule has 1 N–H and O–H groups in total. The lowest BCUT2D eigenvalue weighted by Crippen LogP contribution is -2.15. The van der Waals surface area contributed by atoms with E-state index in [1.807, 2.05) is 35.9 Å². The summed E-state index contributed by atoms with van der Waals surface area (Å²) in [7, 11) is 4.78. The highest BCUT2D eigenvalue weighted by Gasteiger charge is 2.32. The number of methoxy groups -OCH3 is 3. The molecule has 1 unspecified atom stereocenters. The molecule has 8 heteroatoms. The fourth-order valence-electron chi connectivity index (χ4n) is 3.96. The lowest BCUT2D eigenvalue weighted by atomic mass is 10.0. The SMILES string of the molecule is CCc1ccc(-n2nc(C)c3c2NC(=O)CSC3c2cc(OC)c(OC)c(OC)c2)cc1. The lowest BCUT2D eigenvalue weighted by Gasteiger charge is -2.19. The van der Waals surface area contributed by atoms with Crippen molar-refractivity contribution in [2.45, 2.75) is 25.5 Å². The number of carbonyl (C=O) groups is 1. The van der Waals surface area contributed by atoms with Gasteiger partial charge < -0.3 is 19.5 Å². The fourth-order valence-corrected chi connectivity index (χ4v) is 5.13. The van der Waals surface area contributed by atoms with E-state index in [0.29, 0.717) is 28.8 Å². The van der Waals surface area contributed by atoms with Crippen LogP contribution in [-0.2, 0) is 11.2 Å². The zero-order valence-electron chi connectivity index (χ0n) is 18.9. The Bertz CT molecular complexity index is 1120. The Hall–Kier alpha value is -3.13. The number of aromatic nitrogens is 2. The molecule has 1 aliphatic rings. The molecule has 0 fully saturated rings. The maximum Gasteiger partial charge on any atom is 0.235 e. The van der Waals surface area contributed by atoms with Crippen molar-refractivity contribution in [3.05, 3.63) is 58.8 Å². The van der Waals surface area contributed by atoms with Crippen LogP contribution >= 0.6 is 11.8 Å². The van der Waals surface area contributed by atoms with E-state index >= 15 is 0 Å². The quantitative estimate of drug-likeness (QED) is 0.591. The summed E-state index contributed by atoms with van der Waals surface area (Å²) in [4.78, 5) is 12.6. The predicted octanol–water partition coefficient (Wildman–Crippen LogP) is 4.54. The standard InChI is InChI=1S/C24H27N3O4S/c1-6-15-7-9-17(10-8-15)27-24-21(14(2)26-27)23(32-13-20(28)25-24)16-11-18(29-3)22(31-5)19(12-16)30-4/h7-12,23H,6,13H2,1-5H3,(H,25,28). The number of ether oxygens (including phenoxy) is 3. The van der Waals surface area contributed by atoms with Gasteiger partial charge >= 0.3 is 0 Å². The number of hydrogen-bond donors (Lipinski definition) is 1. The first-order valence-corrected chi connectivity index (χ1v) is 11.5. The molecule has 32 heavy (non-hydrogen) atoms. The third kappa shape index (κ3) is 3.90. The smallest absolute Gasteiger partial charge is 0.235 e. The largest absolute Gasteiger partial charge is 0.493 e. The van der Waals surface area contributed by atoms with Crippen LogP contribution in [0.4, 0.5) is 5.82 Å². The molecule has 2 heterocycles. The molecule has 1 amide bonds. The average Bonchev–Trinajstić information content (AvgIpc) is 3.02. The number of nitrogens with one attached hydrogen (secondary N) is 1. The molecular formula is C24H27N3O4S. The van der Waals surface area contributed by atoms with Gasteiger partial charge in [0.15, 0.2) is 11.5 Å². The number of aryl methyl sites for hydroxylation is 2. The predicted molar refractivity (Wildman–Crippen MR) is 127 cm³/mol. The summed E-state index contributed by atoms with van der Waals surface area (Å²) in [6.45, 7) is 4.09. The van der Waals surface area contributed by atoms with Gasteiger partial charge in [-0.3, -0.25) is 4.79 Å². The van der Waals surface area contributed by atoms with Crippen molar-refractivity contribution in [2.75, 3.05) is 32.4 Å². The summed E-state index contributed by atoms with van der Waals surface area (Å²) in [5.41, 5.74) is 4.93. The van der Waals surface area contributed by atoms with Gasteiger partial charge in [0, 0.05) is 5.56 Å². The molecule has 0 bridgehead atoms. The van der Waals surface area contributed by atoms with E-state index in [0.717, 1.165) is 28.9 Å².